The molecule has 0 aromatic carbocycles. The van der Waals surface area contributed by atoms with Gasteiger partial charge in [-0.15, -0.1) is 0 Å². The Balaban J connectivity index is 1.37. The van der Waals surface area contributed by atoms with Crippen LogP contribution < -0.4 is 0 Å². The molecule has 1 saturated heterocycles. The van der Waals surface area contributed by atoms with Crippen LogP contribution in [-0.4, -0.2) is 73.8 Å². The van der Waals surface area contributed by atoms with Gasteiger partial charge >= 0.3 is 0 Å². The van der Waals surface area contributed by atoms with Gasteiger partial charge in [0.05, 0.1) is 18.4 Å². The lowest BCUT2D eigenvalue weighted by molar-refractivity contribution is 0.143. The highest BCUT2D eigenvalue weighted by atomic mass is 15.3. The highest BCUT2D eigenvalue weighted by molar-refractivity contribution is 5.10. The number of hydrogen-bond donors (Lipinski definition) is 0. The zero-order valence-electron chi connectivity index (χ0n) is 15.4. The molecule has 0 radical (unpaired) electrons. The average molecular weight is 343 g/mol. The van der Waals surface area contributed by atoms with Gasteiger partial charge in [0, 0.05) is 76.9 Å². The Morgan fingerprint density at radius 1 is 0.960 bits per heavy atom. The minimum absolute atomic E-state index is 0.931. The summed E-state index contributed by atoms with van der Waals surface area (Å²) in [5.41, 5.74) is 2.66. The molecule has 0 N–H and O–H groups in total. The number of aryl methyl sites for hydroxylation is 1. The molecule has 136 valence electrons. The zero-order valence-corrected chi connectivity index (χ0v) is 15.4. The van der Waals surface area contributed by atoms with Gasteiger partial charge in [-0.2, -0.15) is 5.10 Å². The van der Waals surface area contributed by atoms with Crippen molar-refractivity contribution in [2.24, 2.45) is 0 Å². The Labute approximate surface area is 149 Å². The van der Waals surface area contributed by atoms with Gasteiger partial charge in [-0.3, -0.25) is 14.5 Å². The molecule has 4 heterocycles. The molecule has 2 aliphatic rings. The SMILES string of the molecule is CCn1cc(CN2CCn3c(CN4CCN(C)CC4)cnc3C2)cn1. The third-order valence-electron chi connectivity index (χ3n) is 5.42. The van der Waals surface area contributed by atoms with Crippen LogP contribution in [0.15, 0.2) is 18.6 Å². The fourth-order valence-electron chi connectivity index (χ4n) is 3.79. The van der Waals surface area contributed by atoms with Crippen LogP contribution in [-0.2, 0) is 32.7 Å². The number of likely N-dealkylation sites (N-methyl/N-ethyl adjacent to an activating group) is 1. The van der Waals surface area contributed by atoms with E-state index in [9.17, 15) is 0 Å². The van der Waals surface area contributed by atoms with E-state index in [1.807, 2.05) is 10.9 Å². The third kappa shape index (κ3) is 3.78. The van der Waals surface area contributed by atoms with Gasteiger partial charge in [-0.1, -0.05) is 0 Å². The zero-order chi connectivity index (χ0) is 17.2. The second-order valence-electron chi connectivity index (χ2n) is 7.31. The fourth-order valence-corrected chi connectivity index (χ4v) is 3.79. The third-order valence-corrected chi connectivity index (χ3v) is 5.42. The topological polar surface area (TPSA) is 45.4 Å². The number of nitrogens with zero attached hydrogens (tertiary/aromatic N) is 7. The van der Waals surface area contributed by atoms with Crippen LogP contribution >= 0.6 is 0 Å². The molecule has 4 rings (SSSR count). The molecular weight excluding hydrogens is 314 g/mol. The van der Waals surface area contributed by atoms with Crippen LogP contribution in [0.1, 0.15) is 24.0 Å². The Morgan fingerprint density at radius 3 is 2.52 bits per heavy atom. The number of imidazole rings is 1. The van der Waals surface area contributed by atoms with Gasteiger partial charge in [0.25, 0.3) is 0 Å². The minimum Gasteiger partial charge on any atom is -0.328 e. The average Bonchev–Trinajstić information content (AvgIpc) is 3.24. The van der Waals surface area contributed by atoms with E-state index in [1.54, 1.807) is 0 Å². The van der Waals surface area contributed by atoms with Crippen molar-refractivity contribution in [2.45, 2.75) is 39.6 Å². The van der Waals surface area contributed by atoms with Crippen molar-refractivity contribution in [3.63, 3.8) is 0 Å². The van der Waals surface area contributed by atoms with Crippen LogP contribution in [0.5, 0.6) is 0 Å². The molecule has 0 aliphatic carbocycles. The predicted octanol–water partition coefficient (Wildman–Crippen LogP) is 0.863. The number of fused-ring (bicyclic) bond motifs is 1. The van der Waals surface area contributed by atoms with E-state index in [-0.39, 0.29) is 0 Å². The molecule has 25 heavy (non-hydrogen) atoms. The molecule has 2 aromatic rings. The maximum Gasteiger partial charge on any atom is 0.123 e. The quantitative estimate of drug-likeness (QED) is 0.806. The molecule has 0 saturated carbocycles. The summed E-state index contributed by atoms with van der Waals surface area (Å²) in [4.78, 5) is 12.1. The van der Waals surface area contributed by atoms with Crippen LogP contribution in [0, 0.1) is 0 Å². The molecule has 0 spiro atoms. The van der Waals surface area contributed by atoms with E-state index < -0.39 is 0 Å². The van der Waals surface area contributed by atoms with E-state index in [0.29, 0.717) is 0 Å². The summed E-state index contributed by atoms with van der Waals surface area (Å²) in [6, 6.07) is 0. The molecule has 0 amide bonds. The molecule has 0 bridgehead atoms. The van der Waals surface area contributed by atoms with Gasteiger partial charge in [-0.05, 0) is 14.0 Å². The van der Waals surface area contributed by atoms with Crippen molar-refractivity contribution >= 4 is 0 Å². The summed E-state index contributed by atoms with van der Waals surface area (Å²) in [6.07, 6.45) is 6.23. The minimum atomic E-state index is 0.931. The maximum absolute atomic E-state index is 4.71. The maximum atomic E-state index is 4.71. The van der Waals surface area contributed by atoms with E-state index in [1.165, 1.54) is 30.2 Å². The smallest absolute Gasteiger partial charge is 0.123 e. The first-order valence-electron chi connectivity index (χ1n) is 9.39. The predicted molar refractivity (Wildman–Crippen MR) is 97.0 cm³/mol. The summed E-state index contributed by atoms with van der Waals surface area (Å²) < 4.78 is 4.43. The lowest BCUT2D eigenvalue weighted by atomic mass is 10.2. The van der Waals surface area contributed by atoms with Gasteiger partial charge in [-0.25, -0.2) is 4.98 Å². The van der Waals surface area contributed by atoms with Crippen LogP contribution in [0.2, 0.25) is 0 Å². The first-order chi connectivity index (χ1) is 12.2. The molecular formula is C18H29N7. The van der Waals surface area contributed by atoms with Gasteiger partial charge in [0.2, 0.25) is 0 Å². The van der Waals surface area contributed by atoms with Crippen LogP contribution in [0.4, 0.5) is 0 Å². The van der Waals surface area contributed by atoms with Gasteiger partial charge in [0.1, 0.15) is 5.82 Å². The molecule has 2 aliphatic heterocycles. The summed E-state index contributed by atoms with van der Waals surface area (Å²) in [7, 11) is 2.21. The van der Waals surface area contributed by atoms with Crippen molar-refractivity contribution < 1.29 is 0 Å². The largest absolute Gasteiger partial charge is 0.328 e. The summed E-state index contributed by atoms with van der Waals surface area (Å²) in [5.74, 6) is 1.21. The van der Waals surface area contributed by atoms with E-state index >= 15 is 0 Å². The Hall–Kier alpha value is -1.70. The standard InChI is InChI=1S/C18H29N7/c1-3-24-13-16(10-20-24)12-23-8-9-25-17(11-19-18(25)15-23)14-22-6-4-21(2)5-7-22/h10-11,13H,3-9,12,14-15H2,1-2H3. The summed E-state index contributed by atoms with van der Waals surface area (Å²) in [6.45, 7) is 12.7. The van der Waals surface area contributed by atoms with Crippen molar-refractivity contribution in [1.29, 1.82) is 0 Å². The van der Waals surface area contributed by atoms with Crippen molar-refractivity contribution in [1.82, 2.24) is 34.0 Å². The number of piperazine rings is 1. The molecule has 0 atom stereocenters. The normalized spacial score (nSPS) is 20.1. The van der Waals surface area contributed by atoms with Crippen LogP contribution in [0.25, 0.3) is 0 Å². The summed E-state index contributed by atoms with van der Waals surface area (Å²) >= 11 is 0. The monoisotopic (exact) mass is 343 g/mol. The van der Waals surface area contributed by atoms with Gasteiger partial charge < -0.3 is 9.47 Å². The lowest BCUT2D eigenvalue weighted by Gasteiger charge is -2.33. The molecule has 7 nitrogen and oxygen atoms in total. The van der Waals surface area contributed by atoms with Crippen molar-refractivity contribution in [3.8, 4) is 0 Å². The molecule has 1 fully saturated rings. The second kappa shape index (κ2) is 7.27. The van der Waals surface area contributed by atoms with Crippen LogP contribution in [0.3, 0.4) is 0 Å². The Morgan fingerprint density at radius 2 is 1.76 bits per heavy atom. The number of hydrogen-bond acceptors (Lipinski definition) is 5. The van der Waals surface area contributed by atoms with Crippen molar-refractivity contribution in [2.75, 3.05) is 39.8 Å². The number of rotatable bonds is 5. The Kier molecular flexibility index (Phi) is 4.87. The van der Waals surface area contributed by atoms with E-state index in [4.69, 9.17) is 4.98 Å². The molecule has 2 aromatic heterocycles. The highest BCUT2D eigenvalue weighted by Crippen LogP contribution is 2.18. The first kappa shape index (κ1) is 16.8. The summed E-state index contributed by atoms with van der Waals surface area (Å²) in [5, 5.41) is 4.38. The van der Waals surface area contributed by atoms with Crippen molar-refractivity contribution in [3.05, 3.63) is 35.7 Å². The molecule has 7 heteroatoms. The highest BCUT2D eigenvalue weighted by Gasteiger charge is 2.22. The first-order valence-corrected chi connectivity index (χ1v) is 9.39. The molecule has 0 unspecified atom stereocenters. The lowest BCUT2D eigenvalue weighted by Crippen LogP contribution is -2.44. The van der Waals surface area contributed by atoms with E-state index in [2.05, 4.69) is 50.7 Å². The fraction of sp³-hybridized carbons (Fsp3) is 0.667. The Bertz CT molecular complexity index is 696. The van der Waals surface area contributed by atoms with E-state index in [0.717, 1.165) is 52.4 Å². The second-order valence-corrected chi connectivity index (χ2v) is 7.31. The van der Waals surface area contributed by atoms with Gasteiger partial charge in [0.15, 0.2) is 0 Å². The number of aromatic nitrogens is 4.